The fraction of sp³-hybridized carbons (Fsp3) is 0.780. The number of carbonyl (C=O) groups is 3. The van der Waals surface area contributed by atoms with Gasteiger partial charge in [0.25, 0.3) is 0 Å². The minimum atomic E-state index is -4.74. The van der Waals surface area contributed by atoms with Crippen LogP contribution in [0.1, 0.15) is 162 Å². The molecule has 0 aromatic heterocycles. The number of ether oxygens (including phenoxy) is 3. The number of carbonyl (C=O) groups excluding carboxylic acids is 2. The van der Waals surface area contributed by atoms with Crippen LogP contribution in [0.4, 0.5) is 0 Å². The molecule has 0 radical (unpaired) electrons. The maximum absolute atomic E-state index is 12.7. The summed E-state index contributed by atoms with van der Waals surface area (Å²) in [6.45, 7) is 2.68. The van der Waals surface area contributed by atoms with E-state index in [1.807, 2.05) is 0 Å². The van der Waals surface area contributed by atoms with Crippen molar-refractivity contribution in [3.63, 3.8) is 0 Å². The zero-order valence-electron chi connectivity index (χ0n) is 33.3. The molecule has 54 heavy (non-hydrogen) atoms. The van der Waals surface area contributed by atoms with E-state index >= 15 is 0 Å². The van der Waals surface area contributed by atoms with Crippen LogP contribution < -0.4 is 5.73 Å². The molecule has 0 spiro atoms. The third-order valence-corrected chi connectivity index (χ3v) is 10.0. The Balaban J connectivity index is 2.37. The second-order valence-electron chi connectivity index (χ2n) is 14.2. The van der Waals surface area contributed by atoms with Gasteiger partial charge >= 0.3 is 25.7 Å². The molecule has 312 valence electrons. The van der Waals surface area contributed by atoms with Crippen LogP contribution in [0.3, 0.4) is 0 Å². The Labute approximate surface area is 325 Å². The molecule has 1 aliphatic heterocycles. The molecule has 12 nitrogen and oxygen atoms in total. The number of aliphatic carboxylic acids is 1. The molecule has 0 amide bonds. The van der Waals surface area contributed by atoms with Crippen LogP contribution in [0.25, 0.3) is 0 Å². The molecule has 0 aliphatic carbocycles. The quantitative estimate of drug-likeness (QED) is 0.0178. The lowest BCUT2D eigenvalue weighted by Gasteiger charge is -2.20. The number of allylic oxidation sites excluding steroid dienone is 5. The molecule has 1 fully saturated rings. The standard InChI is InChI=1S/C41H72NO11P/c1-3-5-7-9-11-13-15-17-19-21-23-25-28-37-38(53-37)29-27-31-40(44)52-35(33-50-54(47,48)51-34-36(42)41(45)46)32-49-39(43)30-26-24-22-20-18-16-14-12-10-8-6-4-2/h11,13,17,19,23,25,35-38H,3-10,12,14-16,18,20-22,24,26-34,42H2,1-2H3,(H,45,46)(H,47,48)/b13-11-,19-17-,25-23-/t35-,36+,37?,38?/m1/s1. The van der Waals surface area contributed by atoms with Gasteiger partial charge in [-0.2, -0.15) is 0 Å². The molecule has 1 aliphatic rings. The number of hydrogen-bond donors (Lipinski definition) is 3. The average Bonchev–Trinajstić information content (AvgIpc) is 3.90. The molecule has 1 saturated heterocycles. The number of phosphoric acid groups is 1. The Morgan fingerprint density at radius 2 is 1.22 bits per heavy atom. The summed E-state index contributed by atoms with van der Waals surface area (Å²) >= 11 is 0. The van der Waals surface area contributed by atoms with E-state index in [1.54, 1.807) is 0 Å². The summed E-state index contributed by atoms with van der Waals surface area (Å²) < 4.78 is 38.4. The van der Waals surface area contributed by atoms with E-state index in [-0.39, 0.29) is 31.7 Å². The summed E-state index contributed by atoms with van der Waals surface area (Å²) in [6, 6.07) is -1.53. The van der Waals surface area contributed by atoms with E-state index in [2.05, 4.69) is 54.8 Å². The number of carboxylic acid groups (broad SMARTS) is 1. The predicted molar refractivity (Wildman–Crippen MR) is 212 cm³/mol. The zero-order valence-corrected chi connectivity index (χ0v) is 34.1. The molecule has 5 atom stereocenters. The Bertz CT molecular complexity index is 1130. The second kappa shape index (κ2) is 32.9. The number of esters is 2. The lowest BCUT2D eigenvalue weighted by molar-refractivity contribution is -0.161. The number of carboxylic acids is 1. The maximum Gasteiger partial charge on any atom is 0.472 e. The summed E-state index contributed by atoms with van der Waals surface area (Å²) in [5, 5.41) is 8.88. The van der Waals surface area contributed by atoms with Crippen molar-refractivity contribution in [1.29, 1.82) is 0 Å². The molecule has 0 aromatic rings. The van der Waals surface area contributed by atoms with Crippen molar-refractivity contribution >= 4 is 25.7 Å². The Kier molecular flexibility index (Phi) is 30.2. The zero-order chi connectivity index (χ0) is 39.7. The van der Waals surface area contributed by atoms with Gasteiger partial charge in [-0.15, -0.1) is 0 Å². The molecule has 0 saturated carbocycles. The van der Waals surface area contributed by atoms with Crippen molar-refractivity contribution in [2.75, 3.05) is 19.8 Å². The van der Waals surface area contributed by atoms with Crippen molar-refractivity contribution in [1.82, 2.24) is 0 Å². The number of rotatable bonds is 37. The molecule has 1 heterocycles. The molecule has 4 N–H and O–H groups in total. The average molecular weight is 786 g/mol. The van der Waals surface area contributed by atoms with Crippen LogP contribution in [0.5, 0.6) is 0 Å². The second-order valence-corrected chi connectivity index (χ2v) is 15.6. The number of hydrogen-bond acceptors (Lipinski definition) is 10. The smallest absolute Gasteiger partial charge is 0.472 e. The molecular formula is C41H72NO11P. The van der Waals surface area contributed by atoms with Gasteiger partial charge in [0.05, 0.1) is 25.4 Å². The number of unbranched alkanes of at least 4 members (excludes halogenated alkanes) is 14. The number of phosphoric ester groups is 1. The normalized spacial score (nSPS) is 17.9. The highest BCUT2D eigenvalue weighted by Crippen LogP contribution is 2.43. The van der Waals surface area contributed by atoms with Crippen LogP contribution in [0.15, 0.2) is 36.5 Å². The lowest BCUT2D eigenvalue weighted by Crippen LogP contribution is -2.34. The predicted octanol–water partition coefficient (Wildman–Crippen LogP) is 9.44. The molecule has 3 unspecified atom stereocenters. The molecule has 13 heteroatoms. The summed E-state index contributed by atoms with van der Waals surface area (Å²) in [4.78, 5) is 46.0. The van der Waals surface area contributed by atoms with E-state index < -0.39 is 51.1 Å². The minimum Gasteiger partial charge on any atom is -0.480 e. The first kappa shape index (κ1) is 49.7. The van der Waals surface area contributed by atoms with Gasteiger partial charge in [-0.25, -0.2) is 4.57 Å². The number of epoxide rings is 1. The van der Waals surface area contributed by atoms with E-state index in [0.717, 1.165) is 44.9 Å². The lowest BCUT2D eigenvalue weighted by atomic mass is 10.0. The molecule has 0 aromatic carbocycles. The third kappa shape index (κ3) is 29.9. The first-order valence-corrected chi connectivity index (χ1v) is 22.1. The minimum absolute atomic E-state index is 0.0737. The molecular weight excluding hydrogens is 713 g/mol. The summed E-state index contributed by atoms with van der Waals surface area (Å²) in [5.74, 6) is -2.46. The molecule has 0 bridgehead atoms. The number of nitrogens with two attached hydrogens (primary N) is 1. The van der Waals surface area contributed by atoms with Crippen molar-refractivity contribution in [3.8, 4) is 0 Å². The first-order chi connectivity index (χ1) is 26.1. The Morgan fingerprint density at radius 1 is 0.685 bits per heavy atom. The van der Waals surface area contributed by atoms with Gasteiger partial charge in [0, 0.05) is 12.8 Å². The van der Waals surface area contributed by atoms with Crippen molar-refractivity contribution < 1.29 is 52.2 Å². The highest BCUT2D eigenvalue weighted by Gasteiger charge is 2.37. The largest absolute Gasteiger partial charge is 0.480 e. The van der Waals surface area contributed by atoms with Crippen LogP contribution in [0.2, 0.25) is 0 Å². The van der Waals surface area contributed by atoms with Gasteiger partial charge in [-0.05, 0) is 51.4 Å². The van der Waals surface area contributed by atoms with Gasteiger partial charge < -0.3 is 29.9 Å². The fourth-order valence-electron chi connectivity index (χ4n) is 5.68. The Hall–Kier alpha value is -2.34. The van der Waals surface area contributed by atoms with E-state index in [9.17, 15) is 23.8 Å². The molecule has 1 rings (SSSR count). The fourth-order valence-corrected chi connectivity index (χ4v) is 6.46. The first-order valence-electron chi connectivity index (χ1n) is 20.6. The highest BCUT2D eigenvalue weighted by molar-refractivity contribution is 7.47. The van der Waals surface area contributed by atoms with Crippen molar-refractivity contribution in [3.05, 3.63) is 36.5 Å². The van der Waals surface area contributed by atoms with Gasteiger partial charge in [0.15, 0.2) is 6.10 Å². The van der Waals surface area contributed by atoms with Crippen LogP contribution >= 0.6 is 7.82 Å². The van der Waals surface area contributed by atoms with Gasteiger partial charge in [-0.1, -0.05) is 134 Å². The van der Waals surface area contributed by atoms with Crippen LogP contribution in [0, 0.1) is 0 Å². The van der Waals surface area contributed by atoms with Crippen molar-refractivity contribution in [2.45, 2.75) is 186 Å². The Morgan fingerprint density at radius 3 is 1.85 bits per heavy atom. The summed E-state index contributed by atoms with van der Waals surface area (Å²) in [5.41, 5.74) is 5.32. The summed E-state index contributed by atoms with van der Waals surface area (Å²) in [7, 11) is -4.74. The highest BCUT2D eigenvalue weighted by atomic mass is 31.2. The van der Waals surface area contributed by atoms with Crippen LogP contribution in [-0.4, -0.2) is 72.1 Å². The monoisotopic (exact) mass is 785 g/mol. The van der Waals surface area contributed by atoms with Crippen LogP contribution in [-0.2, 0) is 42.2 Å². The maximum atomic E-state index is 12.7. The SMILES string of the molecule is CCCCC/C=C\C/C=C\C/C=C\CC1OC1CCCC(=O)O[C@H](COC(=O)CCCCCCCCCCCCCC)COP(=O)(O)OC[C@H](N)C(=O)O. The van der Waals surface area contributed by atoms with Gasteiger partial charge in [-0.3, -0.25) is 23.4 Å². The van der Waals surface area contributed by atoms with Gasteiger partial charge in [0.1, 0.15) is 12.6 Å². The van der Waals surface area contributed by atoms with Crippen molar-refractivity contribution in [2.24, 2.45) is 5.73 Å². The summed E-state index contributed by atoms with van der Waals surface area (Å²) in [6.07, 6.45) is 35.2. The third-order valence-electron chi connectivity index (χ3n) is 9.07. The van der Waals surface area contributed by atoms with Gasteiger partial charge in [0.2, 0.25) is 0 Å². The topological polar surface area (TPSA) is 184 Å². The van der Waals surface area contributed by atoms with E-state index in [0.29, 0.717) is 19.3 Å². The van der Waals surface area contributed by atoms with E-state index in [1.165, 1.54) is 70.6 Å². The van der Waals surface area contributed by atoms with E-state index in [4.69, 9.17) is 29.6 Å².